The number of benzene rings is 1. The van der Waals surface area contributed by atoms with Gasteiger partial charge in [-0.2, -0.15) is 5.10 Å². The molecule has 0 saturated heterocycles. The molecule has 1 amide bonds. The summed E-state index contributed by atoms with van der Waals surface area (Å²) in [4.78, 5) is 12.5. The molecule has 2 heterocycles. The van der Waals surface area contributed by atoms with E-state index in [4.69, 9.17) is 16.0 Å². The maximum atomic E-state index is 12.5. The fourth-order valence-electron chi connectivity index (χ4n) is 2.06. The second kappa shape index (κ2) is 5.46. The van der Waals surface area contributed by atoms with Crippen LogP contribution in [0, 0.1) is 6.92 Å². The van der Waals surface area contributed by atoms with Gasteiger partial charge < -0.3 is 9.73 Å². The monoisotopic (exact) mass is 301 g/mol. The number of carbonyl (C=O) groups is 1. The molecule has 0 bridgehead atoms. The van der Waals surface area contributed by atoms with Crippen molar-refractivity contribution in [3.63, 3.8) is 0 Å². The predicted octanol–water partition coefficient (Wildman–Crippen LogP) is 3.88. The van der Waals surface area contributed by atoms with Crippen LogP contribution >= 0.6 is 11.6 Å². The molecular formula is C15H12ClN3O2. The van der Waals surface area contributed by atoms with Crippen LogP contribution in [0.5, 0.6) is 0 Å². The molecule has 0 radical (unpaired) electrons. The fraction of sp³-hybridized carbons (Fsp3) is 0.0667. The lowest BCUT2D eigenvalue weighted by atomic mass is 10.1. The molecule has 1 aromatic carbocycles. The number of aryl methyl sites for hydroxylation is 1. The molecule has 0 aliphatic rings. The van der Waals surface area contributed by atoms with Gasteiger partial charge in [0.2, 0.25) is 0 Å². The van der Waals surface area contributed by atoms with E-state index >= 15 is 0 Å². The van der Waals surface area contributed by atoms with Crippen molar-refractivity contribution < 1.29 is 9.21 Å². The van der Waals surface area contributed by atoms with Crippen LogP contribution in [0.15, 0.2) is 47.1 Å². The van der Waals surface area contributed by atoms with Crippen molar-refractivity contribution >= 4 is 23.2 Å². The third-order valence-corrected chi connectivity index (χ3v) is 3.25. The zero-order chi connectivity index (χ0) is 14.8. The number of anilines is 1. The average Bonchev–Trinajstić information content (AvgIpc) is 3.07. The van der Waals surface area contributed by atoms with E-state index < -0.39 is 0 Å². The highest BCUT2D eigenvalue weighted by Gasteiger charge is 2.21. The third kappa shape index (κ3) is 2.68. The standard InChI is InChI=1S/C15H12ClN3O2/c1-9-13(14(19-18-9)12-6-3-7-21-12)15(20)17-11-5-2-4-10(16)8-11/h2-8H,1H3,(H,17,20)(H,18,19). The molecule has 2 N–H and O–H groups in total. The molecule has 2 aromatic heterocycles. The van der Waals surface area contributed by atoms with Gasteiger partial charge in [0.1, 0.15) is 5.69 Å². The molecule has 0 spiro atoms. The summed E-state index contributed by atoms with van der Waals surface area (Å²) in [7, 11) is 0. The molecule has 0 aliphatic carbocycles. The molecule has 0 saturated carbocycles. The summed E-state index contributed by atoms with van der Waals surface area (Å²) in [6.45, 7) is 1.78. The van der Waals surface area contributed by atoms with Crippen LogP contribution in [0.25, 0.3) is 11.5 Å². The van der Waals surface area contributed by atoms with Crippen LogP contribution in [0.1, 0.15) is 16.1 Å². The van der Waals surface area contributed by atoms with Gasteiger partial charge in [-0.05, 0) is 37.3 Å². The van der Waals surface area contributed by atoms with E-state index in [9.17, 15) is 4.79 Å². The minimum atomic E-state index is -0.269. The first-order valence-electron chi connectivity index (χ1n) is 6.31. The topological polar surface area (TPSA) is 70.9 Å². The normalized spacial score (nSPS) is 10.6. The predicted molar refractivity (Wildman–Crippen MR) is 80.4 cm³/mol. The summed E-state index contributed by atoms with van der Waals surface area (Å²) >= 11 is 5.91. The first-order valence-corrected chi connectivity index (χ1v) is 6.68. The molecule has 3 rings (SSSR count). The molecule has 0 unspecified atom stereocenters. The summed E-state index contributed by atoms with van der Waals surface area (Å²) < 4.78 is 5.31. The van der Waals surface area contributed by atoms with Gasteiger partial charge in [0.25, 0.3) is 5.91 Å². The van der Waals surface area contributed by atoms with Crippen molar-refractivity contribution in [1.82, 2.24) is 10.2 Å². The van der Waals surface area contributed by atoms with E-state index in [0.717, 1.165) is 0 Å². The second-order valence-corrected chi connectivity index (χ2v) is 4.95. The minimum absolute atomic E-state index is 0.269. The SMILES string of the molecule is Cc1[nH]nc(-c2ccco2)c1C(=O)Nc1cccc(Cl)c1. The van der Waals surface area contributed by atoms with Crippen molar-refractivity contribution in [3.05, 3.63) is 58.9 Å². The molecule has 0 atom stereocenters. The first kappa shape index (κ1) is 13.5. The lowest BCUT2D eigenvalue weighted by Crippen LogP contribution is -2.13. The maximum Gasteiger partial charge on any atom is 0.259 e. The van der Waals surface area contributed by atoms with E-state index in [-0.39, 0.29) is 5.91 Å². The van der Waals surface area contributed by atoms with Crippen molar-refractivity contribution in [2.75, 3.05) is 5.32 Å². The lowest BCUT2D eigenvalue weighted by Gasteiger charge is -2.06. The van der Waals surface area contributed by atoms with Gasteiger partial charge in [-0.3, -0.25) is 9.89 Å². The number of amides is 1. The Morgan fingerprint density at radius 2 is 2.19 bits per heavy atom. The Morgan fingerprint density at radius 1 is 1.33 bits per heavy atom. The van der Waals surface area contributed by atoms with Gasteiger partial charge in [0.15, 0.2) is 5.76 Å². The summed E-state index contributed by atoms with van der Waals surface area (Å²) in [5, 5.41) is 10.3. The van der Waals surface area contributed by atoms with Gasteiger partial charge in [0.05, 0.1) is 11.8 Å². The van der Waals surface area contributed by atoms with Gasteiger partial charge in [-0.1, -0.05) is 17.7 Å². The second-order valence-electron chi connectivity index (χ2n) is 4.51. The van der Waals surface area contributed by atoms with Crippen LogP contribution in [-0.4, -0.2) is 16.1 Å². The Bertz CT molecular complexity index is 778. The number of aromatic amines is 1. The number of nitrogens with one attached hydrogen (secondary N) is 2. The van der Waals surface area contributed by atoms with E-state index in [2.05, 4.69) is 15.5 Å². The molecule has 3 aromatic rings. The number of rotatable bonds is 3. The molecule has 0 fully saturated rings. The number of carbonyl (C=O) groups excluding carboxylic acids is 1. The van der Waals surface area contributed by atoms with Gasteiger partial charge >= 0.3 is 0 Å². The highest BCUT2D eigenvalue weighted by Crippen LogP contribution is 2.25. The van der Waals surface area contributed by atoms with Crippen LogP contribution in [0.3, 0.4) is 0 Å². The number of hydrogen-bond acceptors (Lipinski definition) is 3. The highest BCUT2D eigenvalue weighted by molar-refractivity contribution is 6.31. The van der Waals surface area contributed by atoms with Crippen molar-refractivity contribution in [3.8, 4) is 11.5 Å². The molecule has 5 nitrogen and oxygen atoms in total. The van der Waals surface area contributed by atoms with E-state index in [0.29, 0.717) is 33.4 Å². The maximum absolute atomic E-state index is 12.5. The highest BCUT2D eigenvalue weighted by atomic mass is 35.5. The third-order valence-electron chi connectivity index (χ3n) is 3.01. The number of aromatic nitrogens is 2. The quantitative estimate of drug-likeness (QED) is 0.771. The molecule has 6 heteroatoms. The van der Waals surface area contributed by atoms with Crippen LogP contribution in [0.4, 0.5) is 5.69 Å². The largest absolute Gasteiger partial charge is 0.463 e. The Hall–Kier alpha value is -2.53. The van der Waals surface area contributed by atoms with Crippen LogP contribution < -0.4 is 5.32 Å². The van der Waals surface area contributed by atoms with Gasteiger partial charge in [-0.15, -0.1) is 0 Å². The molecule has 106 valence electrons. The van der Waals surface area contributed by atoms with Gasteiger partial charge in [0, 0.05) is 16.4 Å². The zero-order valence-electron chi connectivity index (χ0n) is 11.2. The Kier molecular flexibility index (Phi) is 3.50. The number of H-pyrrole nitrogens is 1. The van der Waals surface area contributed by atoms with E-state index in [1.807, 2.05) is 0 Å². The Labute approximate surface area is 125 Å². The molecule has 0 aliphatic heterocycles. The summed E-state index contributed by atoms with van der Waals surface area (Å²) in [6, 6.07) is 10.5. The molecule has 21 heavy (non-hydrogen) atoms. The van der Waals surface area contributed by atoms with E-state index in [1.165, 1.54) is 6.26 Å². The number of nitrogens with zero attached hydrogens (tertiary/aromatic N) is 1. The van der Waals surface area contributed by atoms with Crippen LogP contribution in [0.2, 0.25) is 5.02 Å². The average molecular weight is 302 g/mol. The molecular weight excluding hydrogens is 290 g/mol. The number of hydrogen-bond donors (Lipinski definition) is 2. The summed E-state index contributed by atoms with van der Waals surface area (Å²) in [6.07, 6.45) is 1.54. The number of furan rings is 1. The number of halogens is 1. The van der Waals surface area contributed by atoms with Crippen molar-refractivity contribution in [2.24, 2.45) is 0 Å². The summed E-state index contributed by atoms with van der Waals surface area (Å²) in [5.41, 5.74) is 2.22. The zero-order valence-corrected chi connectivity index (χ0v) is 11.9. The fourth-order valence-corrected chi connectivity index (χ4v) is 2.25. The van der Waals surface area contributed by atoms with E-state index in [1.54, 1.807) is 43.3 Å². The Balaban J connectivity index is 1.93. The lowest BCUT2D eigenvalue weighted by molar-refractivity contribution is 0.102. The first-order chi connectivity index (χ1) is 10.1. The van der Waals surface area contributed by atoms with Crippen molar-refractivity contribution in [2.45, 2.75) is 6.92 Å². The minimum Gasteiger partial charge on any atom is -0.463 e. The summed E-state index contributed by atoms with van der Waals surface area (Å²) in [5.74, 6) is 0.269. The van der Waals surface area contributed by atoms with Gasteiger partial charge in [-0.25, -0.2) is 0 Å². The Morgan fingerprint density at radius 3 is 2.90 bits per heavy atom. The smallest absolute Gasteiger partial charge is 0.259 e. The van der Waals surface area contributed by atoms with Crippen LogP contribution in [-0.2, 0) is 0 Å². The van der Waals surface area contributed by atoms with Crippen molar-refractivity contribution in [1.29, 1.82) is 0 Å².